The zero-order valence-electron chi connectivity index (χ0n) is 10.2. The molecule has 1 aromatic carbocycles. The molecule has 0 amide bonds. The van der Waals surface area contributed by atoms with Gasteiger partial charge in [-0.25, -0.2) is 4.79 Å². The first-order chi connectivity index (χ1) is 9.83. The zero-order valence-corrected chi connectivity index (χ0v) is 17.5. The highest BCUT2D eigenvalue weighted by Crippen LogP contribution is 2.29. The van der Waals surface area contributed by atoms with E-state index in [1.807, 2.05) is 22.6 Å². The fourth-order valence-corrected chi connectivity index (χ4v) is 4.25. The Balaban J connectivity index is 3.15. The second kappa shape index (κ2) is 7.64. The summed E-state index contributed by atoms with van der Waals surface area (Å²) in [6.07, 6.45) is -8.07. The second-order valence-electron chi connectivity index (χ2n) is 3.90. The van der Waals surface area contributed by atoms with E-state index in [2.05, 4.69) is 4.74 Å². The normalized spacial score (nSPS) is 13.8. The Bertz CT molecular complexity index is 690. The first-order valence-corrected chi connectivity index (χ1v) is 10.0. The molecule has 0 spiro atoms. The summed E-state index contributed by atoms with van der Waals surface area (Å²) in [5, 5.41) is 0. The minimum atomic E-state index is -5.12. The summed E-state index contributed by atoms with van der Waals surface area (Å²) in [7, 11) is -4.97. The largest absolute Gasteiger partial charge is 0.448 e. The van der Waals surface area contributed by atoms with Gasteiger partial charge in [-0.05, 0) is 79.9 Å². The van der Waals surface area contributed by atoms with E-state index in [9.17, 15) is 26.4 Å². The Labute approximate surface area is 164 Å². The Kier molecular flexibility index (Phi) is 7.17. The molecule has 0 heterocycles. The molecule has 0 aromatic heterocycles. The number of ether oxygens (including phenoxy) is 1. The van der Waals surface area contributed by atoms with Crippen molar-refractivity contribution in [2.75, 3.05) is 5.75 Å². The average molecular weight is 676 g/mol. The standard InChI is InChI=1S/C10H6F3I3O5S/c11-10(12,13)6(3-22(18,19)20)21-9(17)7-4(14)1-2-5(15)8(7)16/h1-2,6H,3H2,(H,18,19,20). The van der Waals surface area contributed by atoms with Crippen LogP contribution in [0.15, 0.2) is 12.1 Å². The smallest absolute Gasteiger partial charge is 0.426 e. The number of halogens is 6. The molecule has 0 aliphatic heterocycles. The van der Waals surface area contributed by atoms with Crippen molar-refractivity contribution < 1.29 is 35.7 Å². The van der Waals surface area contributed by atoms with E-state index in [4.69, 9.17) is 4.55 Å². The minimum absolute atomic E-state index is 0.0855. The second-order valence-corrected chi connectivity index (χ2v) is 8.80. The zero-order chi connectivity index (χ0) is 17.3. The van der Waals surface area contributed by atoms with Crippen molar-refractivity contribution in [1.29, 1.82) is 0 Å². The molecule has 5 nitrogen and oxygen atoms in total. The van der Waals surface area contributed by atoms with Gasteiger partial charge in [0.15, 0.2) is 0 Å². The van der Waals surface area contributed by atoms with Crippen LogP contribution in [0.4, 0.5) is 13.2 Å². The number of hydrogen-bond acceptors (Lipinski definition) is 4. The molecule has 12 heteroatoms. The first-order valence-electron chi connectivity index (χ1n) is 5.19. The number of rotatable bonds is 4. The van der Waals surface area contributed by atoms with Crippen LogP contribution in [0.1, 0.15) is 10.4 Å². The van der Waals surface area contributed by atoms with E-state index in [0.717, 1.165) is 0 Å². The number of hydrogen-bond donors (Lipinski definition) is 1. The fraction of sp³-hybridized carbons (Fsp3) is 0.300. The average Bonchev–Trinajstić information content (AvgIpc) is 2.31. The molecule has 1 aromatic rings. The van der Waals surface area contributed by atoms with Crippen LogP contribution in [-0.2, 0) is 14.9 Å². The van der Waals surface area contributed by atoms with Crippen LogP contribution in [0.25, 0.3) is 0 Å². The van der Waals surface area contributed by atoms with E-state index >= 15 is 0 Å². The number of benzene rings is 1. The van der Waals surface area contributed by atoms with Crippen LogP contribution in [0.5, 0.6) is 0 Å². The quantitative estimate of drug-likeness (QED) is 0.229. The van der Waals surface area contributed by atoms with E-state index in [1.54, 1.807) is 51.2 Å². The Morgan fingerprint density at radius 3 is 2.18 bits per heavy atom. The van der Waals surface area contributed by atoms with Gasteiger partial charge in [-0.15, -0.1) is 0 Å². The van der Waals surface area contributed by atoms with Gasteiger partial charge in [-0.2, -0.15) is 21.6 Å². The number of carbonyl (C=O) groups excluding carboxylic acids is 1. The molecule has 0 aliphatic rings. The SMILES string of the molecule is O=C(OC(CS(=O)(=O)O)C(F)(F)F)c1c(I)ccc(I)c1I. The van der Waals surface area contributed by atoms with E-state index in [-0.39, 0.29) is 5.56 Å². The fourth-order valence-electron chi connectivity index (χ4n) is 1.29. The highest BCUT2D eigenvalue weighted by atomic mass is 127. The summed E-state index contributed by atoms with van der Waals surface area (Å²) in [5.41, 5.74) is -0.0855. The van der Waals surface area contributed by atoms with Gasteiger partial charge in [-0.3, -0.25) is 4.55 Å². The molecular weight excluding hydrogens is 670 g/mol. The summed E-state index contributed by atoms with van der Waals surface area (Å²) in [6, 6.07) is 3.19. The third-order valence-corrected chi connectivity index (χ3v) is 6.90. The van der Waals surface area contributed by atoms with Gasteiger partial charge in [0.25, 0.3) is 10.1 Å². The molecule has 0 saturated carbocycles. The molecule has 0 aliphatic carbocycles. The molecule has 124 valence electrons. The number of carbonyl (C=O) groups is 1. The molecule has 1 rings (SSSR count). The Morgan fingerprint density at radius 1 is 1.23 bits per heavy atom. The van der Waals surface area contributed by atoms with Gasteiger partial charge in [0.1, 0.15) is 5.75 Å². The summed E-state index contributed by atoms with van der Waals surface area (Å²) in [6.45, 7) is 0. The maximum atomic E-state index is 12.7. The third kappa shape index (κ3) is 5.90. The highest BCUT2D eigenvalue weighted by Gasteiger charge is 2.45. The van der Waals surface area contributed by atoms with Crippen LogP contribution >= 0.6 is 67.8 Å². The number of alkyl halides is 3. The molecule has 0 saturated heterocycles. The van der Waals surface area contributed by atoms with Crippen LogP contribution < -0.4 is 0 Å². The van der Waals surface area contributed by atoms with Crippen molar-refractivity contribution in [3.05, 3.63) is 28.4 Å². The molecule has 0 fully saturated rings. The lowest BCUT2D eigenvalue weighted by atomic mass is 10.2. The topological polar surface area (TPSA) is 80.7 Å². The molecule has 1 atom stereocenters. The van der Waals surface area contributed by atoms with E-state index in [0.29, 0.717) is 10.7 Å². The predicted molar refractivity (Wildman–Crippen MR) is 96.3 cm³/mol. The maximum absolute atomic E-state index is 12.7. The summed E-state index contributed by atoms with van der Waals surface area (Å²) in [5.74, 6) is -3.06. The molecule has 1 N–H and O–H groups in total. The predicted octanol–water partition coefficient (Wildman–Crippen LogP) is 3.48. The van der Waals surface area contributed by atoms with Gasteiger partial charge >= 0.3 is 12.1 Å². The van der Waals surface area contributed by atoms with E-state index < -0.39 is 34.1 Å². The van der Waals surface area contributed by atoms with Gasteiger partial charge < -0.3 is 4.74 Å². The van der Waals surface area contributed by atoms with Crippen LogP contribution in [0, 0.1) is 10.7 Å². The van der Waals surface area contributed by atoms with Crippen molar-refractivity contribution in [3.8, 4) is 0 Å². The van der Waals surface area contributed by atoms with Crippen molar-refractivity contribution >= 4 is 83.9 Å². The summed E-state index contributed by atoms with van der Waals surface area (Å²) in [4.78, 5) is 12.0. The highest BCUT2D eigenvalue weighted by molar-refractivity contribution is 14.1. The van der Waals surface area contributed by atoms with Gasteiger partial charge in [0.05, 0.1) is 5.56 Å². The van der Waals surface area contributed by atoms with Crippen molar-refractivity contribution in [1.82, 2.24) is 0 Å². The molecule has 1 unspecified atom stereocenters. The molecule has 0 bridgehead atoms. The lowest BCUT2D eigenvalue weighted by Crippen LogP contribution is -2.39. The molecule has 22 heavy (non-hydrogen) atoms. The molecular formula is C10H6F3I3O5S. The van der Waals surface area contributed by atoms with Crippen molar-refractivity contribution in [2.45, 2.75) is 12.3 Å². The lowest BCUT2D eigenvalue weighted by Gasteiger charge is -2.20. The van der Waals surface area contributed by atoms with Crippen molar-refractivity contribution in [2.24, 2.45) is 0 Å². The van der Waals surface area contributed by atoms with Crippen LogP contribution in [0.2, 0.25) is 0 Å². The van der Waals surface area contributed by atoms with E-state index in [1.165, 1.54) is 6.07 Å². The first kappa shape index (κ1) is 20.6. The van der Waals surface area contributed by atoms with Gasteiger partial charge in [-0.1, -0.05) is 0 Å². The third-order valence-electron chi connectivity index (χ3n) is 2.22. The molecule has 0 radical (unpaired) electrons. The Morgan fingerprint density at radius 2 is 1.73 bits per heavy atom. The Hall–Kier alpha value is 0.580. The minimum Gasteiger partial charge on any atom is -0.448 e. The van der Waals surface area contributed by atoms with Gasteiger partial charge in [0.2, 0.25) is 6.10 Å². The van der Waals surface area contributed by atoms with Crippen LogP contribution in [-0.4, -0.2) is 37.0 Å². The summed E-state index contributed by atoms with van der Waals surface area (Å²) >= 11 is 5.43. The monoisotopic (exact) mass is 676 g/mol. The van der Waals surface area contributed by atoms with Crippen LogP contribution in [0.3, 0.4) is 0 Å². The van der Waals surface area contributed by atoms with Gasteiger partial charge in [0, 0.05) is 10.7 Å². The maximum Gasteiger partial charge on any atom is 0.426 e. The summed E-state index contributed by atoms with van der Waals surface area (Å²) < 4.78 is 73.8. The number of esters is 1. The van der Waals surface area contributed by atoms with Crippen molar-refractivity contribution in [3.63, 3.8) is 0 Å². The lowest BCUT2D eigenvalue weighted by molar-refractivity contribution is -0.197.